The van der Waals surface area contributed by atoms with Crippen molar-refractivity contribution in [2.45, 2.75) is 18.3 Å². The Balaban J connectivity index is 1.91. The van der Waals surface area contributed by atoms with E-state index in [1.165, 1.54) is 24.9 Å². The number of methoxy groups -OCH3 is 1. The molecule has 2 bridgehead atoms. The quantitative estimate of drug-likeness (QED) is 0.793. The molecule has 15 heavy (non-hydrogen) atoms. The van der Waals surface area contributed by atoms with Gasteiger partial charge in [0.05, 0.1) is 7.11 Å². The molecule has 1 aliphatic carbocycles. The number of piperidine rings is 2. The van der Waals surface area contributed by atoms with Crippen molar-refractivity contribution >= 4 is 0 Å². The molecule has 1 aromatic rings. The first-order valence-corrected chi connectivity index (χ1v) is 5.68. The van der Waals surface area contributed by atoms with Crippen LogP contribution < -0.4 is 10.1 Å². The van der Waals surface area contributed by atoms with E-state index in [1.807, 2.05) is 6.07 Å². The summed E-state index contributed by atoms with van der Waals surface area (Å²) in [6.45, 7) is 2.35. The standard InChI is InChI=1S/C13H17NO/c1-15-12-4-2-3-11(5-12)13-6-10(7-13)8-14-9-13/h2-5,10,14H,6-9H2,1H3. The molecule has 2 aliphatic heterocycles. The molecule has 0 aromatic heterocycles. The molecule has 0 atom stereocenters. The molecule has 1 aromatic carbocycles. The van der Waals surface area contributed by atoms with Crippen molar-refractivity contribution in [2.24, 2.45) is 5.92 Å². The highest BCUT2D eigenvalue weighted by molar-refractivity contribution is 5.37. The van der Waals surface area contributed by atoms with Gasteiger partial charge in [-0.05, 0) is 43.0 Å². The smallest absolute Gasteiger partial charge is 0.119 e. The number of hydrogen-bond donors (Lipinski definition) is 1. The van der Waals surface area contributed by atoms with E-state index in [1.54, 1.807) is 7.11 Å². The summed E-state index contributed by atoms with van der Waals surface area (Å²) < 4.78 is 5.29. The molecule has 0 amide bonds. The second-order valence-electron chi connectivity index (χ2n) is 4.92. The summed E-state index contributed by atoms with van der Waals surface area (Å²) in [5.74, 6) is 1.89. The van der Waals surface area contributed by atoms with Crippen molar-refractivity contribution in [3.8, 4) is 5.75 Å². The summed E-state index contributed by atoms with van der Waals surface area (Å²) in [5.41, 5.74) is 1.86. The van der Waals surface area contributed by atoms with Crippen molar-refractivity contribution < 1.29 is 4.74 Å². The van der Waals surface area contributed by atoms with E-state index in [4.69, 9.17) is 4.74 Å². The van der Waals surface area contributed by atoms with Crippen LogP contribution in [-0.4, -0.2) is 20.2 Å². The molecule has 2 heterocycles. The summed E-state index contributed by atoms with van der Waals surface area (Å²) >= 11 is 0. The van der Waals surface area contributed by atoms with Crippen LogP contribution in [0.4, 0.5) is 0 Å². The summed E-state index contributed by atoms with van der Waals surface area (Å²) in [5, 5.41) is 3.52. The zero-order valence-electron chi connectivity index (χ0n) is 9.12. The Morgan fingerprint density at radius 3 is 2.93 bits per heavy atom. The predicted octanol–water partition coefficient (Wildman–Crippen LogP) is 1.95. The Bertz CT molecular complexity index is 363. The molecule has 0 spiro atoms. The Hall–Kier alpha value is -1.02. The number of rotatable bonds is 2. The van der Waals surface area contributed by atoms with Crippen LogP contribution in [0.2, 0.25) is 0 Å². The first kappa shape index (κ1) is 9.22. The third-order valence-corrected chi connectivity index (χ3v) is 3.94. The Labute approximate surface area is 90.6 Å². The Morgan fingerprint density at radius 2 is 2.27 bits per heavy atom. The first-order valence-electron chi connectivity index (χ1n) is 5.68. The lowest BCUT2D eigenvalue weighted by Crippen LogP contribution is -2.57. The number of benzene rings is 1. The van der Waals surface area contributed by atoms with Gasteiger partial charge in [0.25, 0.3) is 0 Å². The fourth-order valence-corrected chi connectivity index (χ4v) is 3.14. The topological polar surface area (TPSA) is 21.3 Å². The minimum Gasteiger partial charge on any atom is -0.497 e. The third kappa shape index (κ3) is 1.36. The van der Waals surface area contributed by atoms with E-state index in [-0.39, 0.29) is 0 Å². The van der Waals surface area contributed by atoms with Crippen LogP contribution >= 0.6 is 0 Å². The molecular formula is C13H17NO. The van der Waals surface area contributed by atoms with Crippen molar-refractivity contribution in [2.75, 3.05) is 20.2 Å². The van der Waals surface area contributed by atoms with E-state index >= 15 is 0 Å². The fraction of sp³-hybridized carbons (Fsp3) is 0.538. The SMILES string of the molecule is COc1cccc(C23CNCC(C2)C3)c1. The van der Waals surface area contributed by atoms with Gasteiger partial charge in [0, 0.05) is 12.0 Å². The van der Waals surface area contributed by atoms with Crippen molar-refractivity contribution in [1.82, 2.24) is 5.32 Å². The van der Waals surface area contributed by atoms with Crippen molar-refractivity contribution in [3.63, 3.8) is 0 Å². The maximum Gasteiger partial charge on any atom is 0.119 e. The molecule has 3 aliphatic rings. The lowest BCUT2D eigenvalue weighted by atomic mass is 9.56. The van der Waals surface area contributed by atoms with Gasteiger partial charge >= 0.3 is 0 Å². The molecule has 0 unspecified atom stereocenters. The first-order chi connectivity index (χ1) is 7.32. The highest BCUT2D eigenvalue weighted by atomic mass is 16.5. The van der Waals surface area contributed by atoms with E-state index in [9.17, 15) is 0 Å². The summed E-state index contributed by atoms with van der Waals surface area (Å²) in [7, 11) is 1.74. The van der Waals surface area contributed by atoms with Gasteiger partial charge in [-0.15, -0.1) is 0 Å². The normalized spacial score (nSPS) is 33.3. The second-order valence-corrected chi connectivity index (χ2v) is 4.92. The molecule has 3 fully saturated rings. The van der Waals surface area contributed by atoms with E-state index in [2.05, 4.69) is 23.5 Å². The van der Waals surface area contributed by atoms with E-state index < -0.39 is 0 Å². The van der Waals surface area contributed by atoms with E-state index in [0.29, 0.717) is 5.41 Å². The third-order valence-electron chi connectivity index (χ3n) is 3.94. The molecule has 80 valence electrons. The van der Waals surface area contributed by atoms with Crippen LogP contribution in [0.1, 0.15) is 18.4 Å². The van der Waals surface area contributed by atoms with Crippen LogP contribution in [0.3, 0.4) is 0 Å². The average molecular weight is 203 g/mol. The van der Waals surface area contributed by atoms with Gasteiger partial charge in [0.1, 0.15) is 5.75 Å². The van der Waals surface area contributed by atoms with Crippen LogP contribution in [0, 0.1) is 5.92 Å². The zero-order chi connectivity index (χ0) is 10.3. The Kier molecular flexibility index (Phi) is 1.99. The predicted molar refractivity (Wildman–Crippen MR) is 60.3 cm³/mol. The monoisotopic (exact) mass is 203 g/mol. The van der Waals surface area contributed by atoms with Gasteiger partial charge in [-0.2, -0.15) is 0 Å². The number of hydrogen-bond acceptors (Lipinski definition) is 2. The van der Waals surface area contributed by atoms with E-state index in [0.717, 1.165) is 18.2 Å². The molecule has 1 N–H and O–H groups in total. The summed E-state index contributed by atoms with van der Waals surface area (Å²) in [6, 6.07) is 8.56. The van der Waals surface area contributed by atoms with Crippen LogP contribution in [0.25, 0.3) is 0 Å². The van der Waals surface area contributed by atoms with Gasteiger partial charge in [-0.3, -0.25) is 0 Å². The minimum absolute atomic E-state index is 0.414. The second kappa shape index (κ2) is 3.24. The highest BCUT2D eigenvalue weighted by Crippen LogP contribution is 2.49. The van der Waals surface area contributed by atoms with Gasteiger partial charge in [-0.1, -0.05) is 12.1 Å². The largest absolute Gasteiger partial charge is 0.497 e. The average Bonchev–Trinajstić information content (AvgIpc) is 2.29. The number of nitrogens with one attached hydrogen (secondary N) is 1. The van der Waals surface area contributed by atoms with Crippen molar-refractivity contribution in [3.05, 3.63) is 29.8 Å². The van der Waals surface area contributed by atoms with Crippen LogP contribution in [0.15, 0.2) is 24.3 Å². The maximum atomic E-state index is 5.29. The molecule has 0 radical (unpaired) electrons. The van der Waals surface area contributed by atoms with Gasteiger partial charge in [0.2, 0.25) is 0 Å². The lowest BCUT2D eigenvalue weighted by molar-refractivity contribution is 0.0899. The van der Waals surface area contributed by atoms with Gasteiger partial charge < -0.3 is 10.1 Å². The lowest BCUT2D eigenvalue weighted by Gasteiger charge is -2.53. The molecule has 2 nitrogen and oxygen atoms in total. The van der Waals surface area contributed by atoms with Gasteiger partial charge in [0.15, 0.2) is 0 Å². The molecule has 1 saturated carbocycles. The Morgan fingerprint density at radius 1 is 1.40 bits per heavy atom. The molecule has 2 saturated heterocycles. The number of fused-ring (bicyclic) bond motifs is 2. The highest BCUT2D eigenvalue weighted by Gasteiger charge is 2.48. The zero-order valence-corrected chi connectivity index (χ0v) is 9.12. The summed E-state index contributed by atoms with van der Waals surface area (Å²) in [6.07, 6.45) is 2.71. The summed E-state index contributed by atoms with van der Waals surface area (Å²) in [4.78, 5) is 0. The maximum absolute atomic E-state index is 5.29. The molecule has 2 heteroatoms. The van der Waals surface area contributed by atoms with Crippen LogP contribution in [0.5, 0.6) is 5.75 Å². The fourth-order valence-electron chi connectivity index (χ4n) is 3.14. The van der Waals surface area contributed by atoms with Crippen LogP contribution in [-0.2, 0) is 5.41 Å². The number of ether oxygens (including phenoxy) is 1. The molecular weight excluding hydrogens is 186 g/mol. The molecule has 4 rings (SSSR count). The van der Waals surface area contributed by atoms with Gasteiger partial charge in [-0.25, -0.2) is 0 Å². The minimum atomic E-state index is 0.414. The van der Waals surface area contributed by atoms with Crippen molar-refractivity contribution in [1.29, 1.82) is 0 Å².